The summed E-state index contributed by atoms with van der Waals surface area (Å²) >= 11 is 3.43. The van der Waals surface area contributed by atoms with Crippen molar-refractivity contribution in [2.24, 2.45) is 0 Å². The van der Waals surface area contributed by atoms with Crippen molar-refractivity contribution in [2.45, 2.75) is 19.9 Å². The number of nitrogens with zero attached hydrogens (tertiary/aromatic N) is 1. The summed E-state index contributed by atoms with van der Waals surface area (Å²) in [7, 11) is 0. The number of aryl methyl sites for hydroxylation is 1. The fourth-order valence-corrected chi connectivity index (χ4v) is 2.40. The smallest absolute Gasteiger partial charge is 0.222 e. The highest BCUT2D eigenvalue weighted by atomic mass is 79.9. The van der Waals surface area contributed by atoms with Gasteiger partial charge in [-0.3, -0.25) is 9.78 Å². The Morgan fingerprint density at radius 1 is 1.24 bits per heavy atom. The lowest BCUT2D eigenvalue weighted by Crippen LogP contribution is -2.24. The van der Waals surface area contributed by atoms with Crippen LogP contribution in [0.15, 0.2) is 47.2 Å². The van der Waals surface area contributed by atoms with E-state index in [0.717, 1.165) is 21.3 Å². The van der Waals surface area contributed by atoms with Crippen LogP contribution >= 0.6 is 15.9 Å². The minimum Gasteiger partial charge on any atom is -0.384 e. The molecule has 0 saturated carbocycles. The molecule has 0 aliphatic carbocycles. The maximum Gasteiger partial charge on any atom is 0.222 e. The van der Waals surface area contributed by atoms with E-state index in [9.17, 15) is 4.79 Å². The molecule has 0 aliphatic rings. The summed E-state index contributed by atoms with van der Waals surface area (Å²) in [6.07, 6.45) is 3.89. The highest BCUT2D eigenvalue weighted by molar-refractivity contribution is 9.10. The van der Waals surface area contributed by atoms with Crippen molar-refractivity contribution < 1.29 is 4.79 Å². The van der Waals surface area contributed by atoms with Crippen LogP contribution < -0.4 is 10.6 Å². The molecule has 2 aromatic rings. The van der Waals surface area contributed by atoms with Crippen molar-refractivity contribution >= 4 is 27.5 Å². The number of rotatable bonds is 6. The number of anilines is 1. The van der Waals surface area contributed by atoms with Crippen LogP contribution in [0.2, 0.25) is 0 Å². The van der Waals surface area contributed by atoms with E-state index in [1.54, 1.807) is 12.4 Å². The molecule has 1 aromatic heterocycles. The number of hydrogen-bond acceptors (Lipinski definition) is 3. The predicted octanol–water partition coefficient (Wildman–Crippen LogP) is 3.27. The van der Waals surface area contributed by atoms with Gasteiger partial charge in [-0.15, -0.1) is 0 Å². The van der Waals surface area contributed by atoms with Gasteiger partial charge in [-0.2, -0.15) is 0 Å². The van der Waals surface area contributed by atoms with Crippen molar-refractivity contribution in [1.29, 1.82) is 0 Å². The van der Waals surface area contributed by atoms with Gasteiger partial charge in [0.2, 0.25) is 5.91 Å². The molecule has 2 rings (SSSR count). The number of amides is 1. The van der Waals surface area contributed by atoms with E-state index < -0.39 is 0 Å². The number of benzene rings is 1. The number of aromatic nitrogens is 1. The quantitative estimate of drug-likeness (QED) is 0.843. The van der Waals surface area contributed by atoms with Crippen LogP contribution in [-0.4, -0.2) is 17.4 Å². The van der Waals surface area contributed by atoms with Gasteiger partial charge >= 0.3 is 0 Å². The third-order valence-electron chi connectivity index (χ3n) is 3.10. The number of halogens is 1. The van der Waals surface area contributed by atoms with Gasteiger partial charge < -0.3 is 10.6 Å². The molecule has 5 heteroatoms. The lowest BCUT2D eigenvalue weighted by molar-refractivity contribution is -0.121. The molecule has 0 saturated heterocycles. The first kappa shape index (κ1) is 15.5. The van der Waals surface area contributed by atoms with E-state index in [2.05, 4.69) is 31.5 Å². The highest BCUT2D eigenvalue weighted by Gasteiger charge is 2.03. The summed E-state index contributed by atoms with van der Waals surface area (Å²) in [5.41, 5.74) is 3.26. The van der Waals surface area contributed by atoms with Crippen LogP contribution in [0.5, 0.6) is 0 Å². The Morgan fingerprint density at radius 3 is 2.71 bits per heavy atom. The van der Waals surface area contributed by atoms with Gasteiger partial charge in [0.15, 0.2) is 0 Å². The molecule has 1 aromatic carbocycles. The fourth-order valence-electron chi connectivity index (χ4n) is 1.93. The summed E-state index contributed by atoms with van der Waals surface area (Å²) in [4.78, 5) is 15.7. The van der Waals surface area contributed by atoms with Crippen LogP contribution in [0.4, 0.5) is 5.69 Å². The fraction of sp³-hybridized carbons (Fsp3) is 0.250. The summed E-state index contributed by atoms with van der Waals surface area (Å²) in [5.74, 6) is 0.0362. The lowest BCUT2D eigenvalue weighted by Gasteiger charge is -2.10. The Kier molecular flexibility index (Phi) is 5.75. The van der Waals surface area contributed by atoms with Gasteiger partial charge in [0, 0.05) is 42.1 Å². The molecule has 110 valence electrons. The van der Waals surface area contributed by atoms with E-state index in [-0.39, 0.29) is 5.91 Å². The molecular formula is C16H18BrN3O. The van der Waals surface area contributed by atoms with Crippen molar-refractivity contribution in [1.82, 2.24) is 10.3 Å². The molecule has 0 bridgehead atoms. The molecule has 0 atom stereocenters. The van der Waals surface area contributed by atoms with Gasteiger partial charge in [-0.05, 0) is 48.4 Å². The number of hydrogen-bond donors (Lipinski definition) is 2. The molecule has 1 heterocycles. The number of nitrogens with one attached hydrogen (secondary N) is 2. The first-order valence-electron chi connectivity index (χ1n) is 6.81. The molecule has 0 unspecified atom stereocenters. The third-order valence-corrected chi connectivity index (χ3v) is 3.59. The van der Waals surface area contributed by atoms with Crippen LogP contribution in [0.1, 0.15) is 17.5 Å². The lowest BCUT2D eigenvalue weighted by atomic mass is 10.2. The molecule has 0 aliphatic heterocycles. The molecule has 0 fully saturated rings. The van der Waals surface area contributed by atoms with Gasteiger partial charge in [-0.1, -0.05) is 15.9 Å². The maximum atomic E-state index is 11.8. The second kappa shape index (κ2) is 7.78. The van der Waals surface area contributed by atoms with Gasteiger partial charge in [-0.25, -0.2) is 0 Å². The zero-order valence-electron chi connectivity index (χ0n) is 11.9. The Balaban J connectivity index is 1.72. The van der Waals surface area contributed by atoms with E-state index in [0.29, 0.717) is 19.5 Å². The summed E-state index contributed by atoms with van der Waals surface area (Å²) in [6.45, 7) is 3.19. The van der Waals surface area contributed by atoms with E-state index >= 15 is 0 Å². The first-order valence-corrected chi connectivity index (χ1v) is 7.60. The van der Waals surface area contributed by atoms with Crippen molar-refractivity contribution in [3.8, 4) is 0 Å². The monoisotopic (exact) mass is 347 g/mol. The highest BCUT2D eigenvalue weighted by Crippen LogP contribution is 2.19. The predicted molar refractivity (Wildman–Crippen MR) is 88.1 cm³/mol. The van der Waals surface area contributed by atoms with E-state index in [4.69, 9.17) is 0 Å². The van der Waals surface area contributed by atoms with E-state index in [1.807, 2.05) is 37.3 Å². The van der Waals surface area contributed by atoms with Crippen LogP contribution in [0.3, 0.4) is 0 Å². The first-order chi connectivity index (χ1) is 10.1. The zero-order chi connectivity index (χ0) is 15.1. The second-order valence-corrected chi connectivity index (χ2v) is 5.68. The van der Waals surface area contributed by atoms with Crippen molar-refractivity contribution in [3.63, 3.8) is 0 Å². The van der Waals surface area contributed by atoms with Gasteiger partial charge in [0.25, 0.3) is 0 Å². The van der Waals surface area contributed by atoms with E-state index in [1.165, 1.54) is 0 Å². The standard InChI is InChI=1S/C16H18BrN3O/c1-12-10-14(17)2-3-15(12)19-9-6-16(21)20-11-13-4-7-18-8-5-13/h2-5,7-8,10,19H,6,9,11H2,1H3,(H,20,21). The molecule has 0 radical (unpaired) electrons. The number of pyridine rings is 1. The van der Waals surface area contributed by atoms with Gasteiger partial charge in [0.1, 0.15) is 0 Å². The largest absolute Gasteiger partial charge is 0.384 e. The molecule has 21 heavy (non-hydrogen) atoms. The third kappa shape index (κ3) is 5.19. The maximum absolute atomic E-state index is 11.8. The Hall–Kier alpha value is -1.88. The minimum absolute atomic E-state index is 0.0362. The normalized spacial score (nSPS) is 10.2. The SMILES string of the molecule is Cc1cc(Br)ccc1NCCC(=O)NCc1ccncc1. The van der Waals surface area contributed by atoms with Crippen LogP contribution in [0.25, 0.3) is 0 Å². The Labute approximate surface area is 133 Å². The van der Waals surface area contributed by atoms with Crippen molar-refractivity contribution in [3.05, 3.63) is 58.3 Å². The zero-order valence-corrected chi connectivity index (χ0v) is 13.5. The Morgan fingerprint density at radius 2 is 2.00 bits per heavy atom. The number of carbonyl (C=O) groups excluding carboxylic acids is 1. The van der Waals surface area contributed by atoms with Crippen LogP contribution in [-0.2, 0) is 11.3 Å². The summed E-state index contributed by atoms with van der Waals surface area (Å²) < 4.78 is 1.06. The average molecular weight is 348 g/mol. The summed E-state index contributed by atoms with van der Waals surface area (Å²) in [5, 5.41) is 6.17. The molecule has 4 nitrogen and oxygen atoms in total. The topological polar surface area (TPSA) is 54.0 Å². The van der Waals surface area contributed by atoms with Gasteiger partial charge in [0.05, 0.1) is 0 Å². The molecule has 2 N–H and O–H groups in total. The number of carbonyl (C=O) groups is 1. The molecule has 1 amide bonds. The molecular weight excluding hydrogens is 330 g/mol. The van der Waals surface area contributed by atoms with Crippen molar-refractivity contribution in [2.75, 3.05) is 11.9 Å². The Bertz CT molecular complexity index is 602. The summed E-state index contributed by atoms with van der Waals surface area (Å²) in [6, 6.07) is 9.83. The molecule has 0 spiro atoms. The van der Waals surface area contributed by atoms with Crippen LogP contribution in [0, 0.1) is 6.92 Å². The average Bonchev–Trinajstić information content (AvgIpc) is 2.48. The minimum atomic E-state index is 0.0362. The second-order valence-electron chi connectivity index (χ2n) is 4.77.